The summed E-state index contributed by atoms with van der Waals surface area (Å²) in [4.78, 5) is 12.0. The van der Waals surface area contributed by atoms with E-state index >= 15 is 0 Å². The van der Waals surface area contributed by atoms with Gasteiger partial charge in [-0.3, -0.25) is 4.79 Å². The number of benzene rings is 2. The van der Waals surface area contributed by atoms with Crippen molar-refractivity contribution in [1.82, 2.24) is 5.32 Å². The minimum absolute atomic E-state index is 0.219. The Balaban J connectivity index is 1.49. The lowest BCUT2D eigenvalue weighted by Gasteiger charge is -2.09. The highest BCUT2D eigenvalue weighted by atomic mass is 35.5. The number of hydrogen-bond acceptors (Lipinski definition) is 4. The fourth-order valence-corrected chi connectivity index (χ4v) is 2.56. The van der Waals surface area contributed by atoms with Crippen molar-refractivity contribution in [3.8, 4) is 17.2 Å². The number of carbonyl (C=O) groups is 1. The molecule has 7 heteroatoms. The molecular weight excluding hydrogens is 341 g/mol. The van der Waals surface area contributed by atoms with E-state index in [1.165, 1.54) is 6.07 Å². The van der Waals surface area contributed by atoms with Crippen LogP contribution in [-0.2, 0) is 0 Å². The molecule has 0 radical (unpaired) electrons. The molecule has 2 aromatic carbocycles. The van der Waals surface area contributed by atoms with Gasteiger partial charge in [0.25, 0.3) is 5.91 Å². The molecule has 0 aliphatic carbocycles. The molecule has 0 saturated heterocycles. The molecule has 1 aliphatic rings. The van der Waals surface area contributed by atoms with Crippen LogP contribution in [-0.4, -0.2) is 25.9 Å². The fraction of sp³-hybridized carbons (Fsp3) is 0.188. The quantitative estimate of drug-likeness (QED) is 0.835. The van der Waals surface area contributed by atoms with E-state index in [1.807, 2.05) is 0 Å². The number of fused-ring (bicyclic) bond motifs is 1. The lowest BCUT2D eigenvalue weighted by Crippen LogP contribution is -2.28. The van der Waals surface area contributed by atoms with Crippen LogP contribution in [0.5, 0.6) is 17.2 Å². The lowest BCUT2D eigenvalue weighted by atomic mass is 10.2. The molecule has 0 bridgehead atoms. The summed E-state index contributed by atoms with van der Waals surface area (Å²) in [5.41, 5.74) is 0.374. The Morgan fingerprint density at radius 2 is 1.96 bits per heavy atom. The monoisotopic (exact) mass is 353 g/mol. The summed E-state index contributed by atoms with van der Waals surface area (Å²) in [6.07, 6.45) is 0. The van der Waals surface area contributed by atoms with Crippen LogP contribution in [0.2, 0.25) is 10.0 Å². The van der Waals surface area contributed by atoms with E-state index in [1.54, 1.807) is 30.3 Å². The molecule has 0 atom stereocenters. The van der Waals surface area contributed by atoms with Gasteiger partial charge in [0, 0.05) is 11.1 Å². The number of rotatable bonds is 5. The summed E-state index contributed by atoms with van der Waals surface area (Å²) in [6, 6.07) is 10.0. The van der Waals surface area contributed by atoms with Gasteiger partial charge in [-0.2, -0.15) is 0 Å². The number of nitrogens with one attached hydrogen (secondary N) is 1. The molecule has 120 valence electrons. The Morgan fingerprint density at radius 3 is 2.78 bits per heavy atom. The summed E-state index contributed by atoms with van der Waals surface area (Å²) < 4.78 is 16.1. The van der Waals surface area contributed by atoms with E-state index in [0.717, 1.165) is 0 Å². The van der Waals surface area contributed by atoms with E-state index in [2.05, 4.69) is 5.32 Å². The van der Waals surface area contributed by atoms with Crippen molar-refractivity contribution in [3.05, 3.63) is 52.0 Å². The van der Waals surface area contributed by atoms with E-state index in [9.17, 15) is 4.79 Å². The number of carbonyl (C=O) groups excluding carboxylic acids is 1. The van der Waals surface area contributed by atoms with Crippen molar-refractivity contribution in [2.45, 2.75) is 0 Å². The van der Waals surface area contributed by atoms with E-state index in [-0.39, 0.29) is 12.7 Å². The van der Waals surface area contributed by atoms with Gasteiger partial charge in [-0.15, -0.1) is 0 Å². The summed E-state index contributed by atoms with van der Waals surface area (Å²) in [7, 11) is 0. The van der Waals surface area contributed by atoms with Gasteiger partial charge in [-0.05, 0) is 30.3 Å². The van der Waals surface area contributed by atoms with Gasteiger partial charge in [-0.25, -0.2) is 0 Å². The molecule has 1 amide bonds. The molecule has 0 aromatic heterocycles. The average molecular weight is 354 g/mol. The van der Waals surface area contributed by atoms with Gasteiger partial charge in [0.2, 0.25) is 6.79 Å². The van der Waals surface area contributed by atoms with Gasteiger partial charge in [0.15, 0.2) is 11.5 Å². The van der Waals surface area contributed by atoms with Crippen LogP contribution in [0.3, 0.4) is 0 Å². The van der Waals surface area contributed by atoms with Crippen molar-refractivity contribution >= 4 is 29.1 Å². The van der Waals surface area contributed by atoms with Crippen LogP contribution in [0.1, 0.15) is 10.4 Å². The van der Waals surface area contributed by atoms with Crippen molar-refractivity contribution in [3.63, 3.8) is 0 Å². The first kappa shape index (κ1) is 15.8. The molecule has 1 aliphatic heterocycles. The van der Waals surface area contributed by atoms with Gasteiger partial charge < -0.3 is 19.5 Å². The third kappa shape index (κ3) is 3.81. The molecule has 3 rings (SSSR count). The molecule has 0 saturated carbocycles. The summed E-state index contributed by atoms with van der Waals surface area (Å²) in [5, 5.41) is 3.53. The summed E-state index contributed by atoms with van der Waals surface area (Å²) in [5.74, 6) is 1.72. The molecule has 0 fully saturated rings. The molecule has 0 unspecified atom stereocenters. The Morgan fingerprint density at radius 1 is 1.13 bits per heavy atom. The predicted molar refractivity (Wildman–Crippen MR) is 86.9 cm³/mol. The van der Waals surface area contributed by atoms with Crippen molar-refractivity contribution < 1.29 is 19.0 Å². The highest BCUT2D eigenvalue weighted by Crippen LogP contribution is 2.34. The predicted octanol–water partition coefficient (Wildman–Crippen LogP) is 3.53. The maximum Gasteiger partial charge on any atom is 0.252 e. The largest absolute Gasteiger partial charge is 0.492 e. The average Bonchev–Trinajstić information content (AvgIpc) is 2.99. The van der Waals surface area contributed by atoms with Crippen LogP contribution < -0.4 is 19.5 Å². The second-order valence-electron chi connectivity index (χ2n) is 4.74. The van der Waals surface area contributed by atoms with Gasteiger partial charge >= 0.3 is 0 Å². The maximum atomic E-state index is 12.0. The number of halogens is 2. The van der Waals surface area contributed by atoms with Crippen LogP contribution in [0, 0.1) is 0 Å². The maximum absolute atomic E-state index is 12.0. The van der Waals surface area contributed by atoms with Crippen LogP contribution in [0.25, 0.3) is 0 Å². The highest BCUT2D eigenvalue weighted by Gasteiger charge is 2.14. The SMILES string of the molecule is O=C(NCCOc1ccc2c(c1)OCO2)c1ccc(Cl)cc1Cl. The summed E-state index contributed by atoms with van der Waals surface area (Å²) in [6.45, 7) is 0.875. The third-order valence-electron chi connectivity index (χ3n) is 3.18. The van der Waals surface area contributed by atoms with Crippen molar-refractivity contribution in [2.24, 2.45) is 0 Å². The second-order valence-corrected chi connectivity index (χ2v) is 5.59. The van der Waals surface area contributed by atoms with Crippen molar-refractivity contribution in [1.29, 1.82) is 0 Å². The molecular formula is C16H13Cl2NO4. The fourth-order valence-electron chi connectivity index (χ4n) is 2.07. The lowest BCUT2D eigenvalue weighted by molar-refractivity contribution is 0.0947. The first-order chi connectivity index (χ1) is 11.1. The smallest absolute Gasteiger partial charge is 0.252 e. The minimum Gasteiger partial charge on any atom is -0.492 e. The normalized spacial score (nSPS) is 12.1. The molecule has 1 heterocycles. The Bertz CT molecular complexity index is 736. The van der Waals surface area contributed by atoms with Crippen molar-refractivity contribution in [2.75, 3.05) is 19.9 Å². The number of hydrogen-bond donors (Lipinski definition) is 1. The standard InChI is InChI=1S/C16H13Cl2NO4/c17-10-1-3-12(13(18)7-10)16(20)19-5-6-21-11-2-4-14-15(8-11)23-9-22-14/h1-4,7-8H,5-6,9H2,(H,19,20). The molecule has 1 N–H and O–H groups in total. The Labute approximate surface area is 143 Å². The first-order valence-electron chi connectivity index (χ1n) is 6.89. The first-order valence-corrected chi connectivity index (χ1v) is 7.65. The van der Waals surface area contributed by atoms with Crippen LogP contribution in [0.4, 0.5) is 0 Å². The zero-order valence-electron chi connectivity index (χ0n) is 12.0. The summed E-state index contributed by atoms with van der Waals surface area (Å²) >= 11 is 11.8. The molecule has 0 spiro atoms. The molecule has 5 nitrogen and oxygen atoms in total. The zero-order valence-corrected chi connectivity index (χ0v) is 13.5. The third-order valence-corrected chi connectivity index (χ3v) is 3.72. The number of ether oxygens (including phenoxy) is 3. The Kier molecular flexibility index (Phi) is 4.79. The topological polar surface area (TPSA) is 56.8 Å². The van der Waals surface area contributed by atoms with Crippen LogP contribution >= 0.6 is 23.2 Å². The van der Waals surface area contributed by atoms with Gasteiger partial charge in [0.05, 0.1) is 17.1 Å². The van der Waals surface area contributed by atoms with Gasteiger partial charge in [-0.1, -0.05) is 23.2 Å². The second kappa shape index (κ2) is 6.98. The van der Waals surface area contributed by atoms with E-state index in [0.29, 0.717) is 46.0 Å². The van der Waals surface area contributed by atoms with Gasteiger partial charge in [0.1, 0.15) is 12.4 Å². The van der Waals surface area contributed by atoms with Crippen LogP contribution in [0.15, 0.2) is 36.4 Å². The highest BCUT2D eigenvalue weighted by molar-refractivity contribution is 6.36. The molecule has 2 aromatic rings. The zero-order chi connectivity index (χ0) is 16.2. The minimum atomic E-state index is -0.277. The number of amides is 1. The van der Waals surface area contributed by atoms with E-state index < -0.39 is 0 Å². The van der Waals surface area contributed by atoms with E-state index in [4.69, 9.17) is 37.4 Å². The Hall–Kier alpha value is -2.11. The molecule has 23 heavy (non-hydrogen) atoms.